The molecule has 0 spiro atoms. The first-order chi connectivity index (χ1) is 8.49. The van der Waals surface area contributed by atoms with Crippen molar-refractivity contribution >= 4 is 11.9 Å². The Bertz CT molecular complexity index is 461. The highest BCUT2D eigenvalue weighted by molar-refractivity contribution is 5.97. The van der Waals surface area contributed by atoms with Crippen LogP contribution in [0, 0.1) is 6.92 Å². The first-order valence-electron chi connectivity index (χ1n) is 5.24. The third-order valence-electron chi connectivity index (χ3n) is 2.44. The molecule has 0 aliphatic heterocycles. The quantitative estimate of drug-likeness (QED) is 0.827. The van der Waals surface area contributed by atoms with E-state index in [2.05, 4.69) is 5.32 Å². The number of hydrogen-bond acceptors (Lipinski definition) is 3. The monoisotopic (exact) mass is 255 g/mol. The molecular formula is C12H14FNO4. The Morgan fingerprint density at radius 1 is 1.50 bits per heavy atom. The molecule has 0 radical (unpaired) electrons. The highest BCUT2D eigenvalue weighted by Gasteiger charge is 2.21. The molecule has 0 aliphatic rings. The number of halogens is 1. The van der Waals surface area contributed by atoms with Crippen LogP contribution >= 0.6 is 0 Å². The van der Waals surface area contributed by atoms with Gasteiger partial charge in [0.1, 0.15) is 12.4 Å². The predicted molar refractivity (Wildman–Crippen MR) is 62.6 cm³/mol. The van der Waals surface area contributed by atoms with Crippen molar-refractivity contribution in [2.24, 2.45) is 0 Å². The van der Waals surface area contributed by atoms with E-state index in [9.17, 15) is 14.0 Å². The average Bonchev–Trinajstić information content (AvgIpc) is 2.34. The van der Waals surface area contributed by atoms with Gasteiger partial charge in [0.25, 0.3) is 5.91 Å². The van der Waals surface area contributed by atoms with Gasteiger partial charge in [-0.3, -0.25) is 4.79 Å². The SMILES string of the molecule is COc1ccc(C(=O)NC(CF)C(=O)O)c(C)c1. The number of alkyl halides is 1. The van der Waals surface area contributed by atoms with E-state index in [1.807, 2.05) is 0 Å². The van der Waals surface area contributed by atoms with Crippen molar-refractivity contribution in [3.05, 3.63) is 29.3 Å². The van der Waals surface area contributed by atoms with Crippen LogP contribution < -0.4 is 10.1 Å². The van der Waals surface area contributed by atoms with Crippen molar-refractivity contribution in [3.63, 3.8) is 0 Å². The number of carboxylic acids is 1. The van der Waals surface area contributed by atoms with Crippen LogP contribution in [0.4, 0.5) is 4.39 Å². The van der Waals surface area contributed by atoms with Crippen LogP contribution in [0.25, 0.3) is 0 Å². The van der Waals surface area contributed by atoms with Crippen LogP contribution in [0.3, 0.4) is 0 Å². The molecule has 1 rings (SSSR count). The zero-order valence-electron chi connectivity index (χ0n) is 10.1. The molecule has 1 atom stereocenters. The van der Waals surface area contributed by atoms with Crippen LogP contribution in [0.2, 0.25) is 0 Å². The summed E-state index contributed by atoms with van der Waals surface area (Å²) in [5.41, 5.74) is 0.908. The predicted octanol–water partition coefficient (Wildman–Crippen LogP) is 1.16. The molecule has 2 N–H and O–H groups in total. The van der Waals surface area contributed by atoms with Gasteiger partial charge in [-0.25, -0.2) is 9.18 Å². The molecule has 18 heavy (non-hydrogen) atoms. The number of benzene rings is 1. The maximum Gasteiger partial charge on any atom is 0.328 e. The van der Waals surface area contributed by atoms with Gasteiger partial charge in [0.05, 0.1) is 7.11 Å². The van der Waals surface area contributed by atoms with Gasteiger partial charge >= 0.3 is 5.97 Å². The molecule has 0 bridgehead atoms. The minimum atomic E-state index is -1.53. The molecule has 1 aromatic carbocycles. The molecule has 1 amide bonds. The van der Waals surface area contributed by atoms with Crippen LogP contribution in [0.5, 0.6) is 5.75 Å². The molecule has 0 fully saturated rings. The highest BCUT2D eigenvalue weighted by Crippen LogP contribution is 2.16. The summed E-state index contributed by atoms with van der Waals surface area (Å²) in [4.78, 5) is 22.4. The maximum absolute atomic E-state index is 12.4. The molecule has 6 heteroatoms. The lowest BCUT2D eigenvalue weighted by atomic mass is 10.1. The first kappa shape index (κ1) is 14.0. The second-order valence-corrected chi connectivity index (χ2v) is 3.70. The maximum atomic E-state index is 12.4. The Hall–Kier alpha value is -2.11. The lowest BCUT2D eigenvalue weighted by molar-refractivity contribution is -0.139. The van der Waals surface area contributed by atoms with E-state index < -0.39 is 24.6 Å². The normalized spacial score (nSPS) is 11.7. The van der Waals surface area contributed by atoms with E-state index in [0.29, 0.717) is 11.3 Å². The van der Waals surface area contributed by atoms with Crippen LogP contribution in [0.15, 0.2) is 18.2 Å². The molecule has 1 aromatic rings. The number of aliphatic carboxylic acids is 1. The Balaban J connectivity index is 2.87. The summed E-state index contributed by atoms with van der Waals surface area (Å²) in [7, 11) is 1.50. The summed E-state index contributed by atoms with van der Waals surface area (Å²) >= 11 is 0. The Labute approximate surface area is 104 Å². The number of amides is 1. The van der Waals surface area contributed by atoms with Crippen molar-refractivity contribution in [2.45, 2.75) is 13.0 Å². The summed E-state index contributed by atoms with van der Waals surface area (Å²) in [6.45, 7) is 0.527. The molecule has 0 heterocycles. The molecule has 5 nitrogen and oxygen atoms in total. The van der Waals surface area contributed by atoms with E-state index in [0.717, 1.165) is 0 Å². The minimum Gasteiger partial charge on any atom is -0.497 e. The smallest absolute Gasteiger partial charge is 0.328 e. The number of carbonyl (C=O) groups is 2. The van der Waals surface area contributed by atoms with E-state index in [1.54, 1.807) is 19.1 Å². The zero-order valence-corrected chi connectivity index (χ0v) is 10.1. The topological polar surface area (TPSA) is 75.6 Å². The summed E-state index contributed by atoms with van der Waals surface area (Å²) in [5.74, 6) is -1.44. The number of hydrogen-bond donors (Lipinski definition) is 2. The molecule has 1 unspecified atom stereocenters. The number of ether oxygens (including phenoxy) is 1. The third kappa shape index (κ3) is 3.19. The van der Waals surface area contributed by atoms with Crippen molar-refractivity contribution in [1.82, 2.24) is 5.32 Å². The number of nitrogens with one attached hydrogen (secondary N) is 1. The van der Waals surface area contributed by atoms with Gasteiger partial charge in [-0.05, 0) is 30.7 Å². The number of methoxy groups -OCH3 is 1. The fourth-order valence-electron chi connectivity index (χ4n) is 1.42. The Kier molecular flexibility index (Phi) is 4.65. The number of carboxylic acid groups (broad SMARTS) is 1. The van der Waals surface area contributed by atoms with E-state index in [4.69, 9.17) is 9.84 Å². The van der Waals surface area contributed by atoms with Gasteiger partial charge in [0, 0.05) is 5.56 Å². The molecular weight excluding hydrogens is 241 g/mol. The largest absolute Gasteiger partial charge is 0.497 e. The van der Waals surface area contributed by atoms with Crippen molar-refractivity contribution in [3.8, 4) is 5.75 Å². The average molecular weight is 255 g/mol. The second kappa shape index (κ2) is 6.00. The van der Waals surface area contributed by atoms with Gasteiger partial charge in [-0.1, -0.05) is 0 Å². The second-order valence-electron chi connectivity index (χ2n) is 3.70. The van der Waals surface area contributed by atoms with Crippen molar-refractivity contribution in [2.75, 3.05) is 13.8 Å². The molecule has 0 aliphatic carbocycles. The standard InChI is InChI=1S/C12H14FNO4/c1-7-5-8(18-2)3-4-9(7)11(15)14-10(6-13)12(16)17/h3-5,10H,6H2,1-2H3,(H,14,15)(H,16,17). The fourth-order valence-corrected chi connectivity index (χ4v) is 1.42. The van der Waals surface area contributed by atoms with Crippen molar-refractivity contribution < 1.29 is 23.8 Å². The summed E-state index contributed by atoms with van der Waals surface area (Å²) in [5, 5.41) is 10.8. The minimum absolute atomic E-state index is 0.288. The Morgan fingerprint density at radius 3 is 2.61 bits per heavy atom. The number of carbonyl (C=O) groups excluding carboxylic acids is 1. The number of aryl methyl sites for hydroxylation is 1. The zero-order chi connectivity index (χ0) is 13.7. The Morgan fingerprint density at radius 2 is 2.17 bits per heavy atom. The number of rotatable bonds is 5. The van der Waals surface area contributed by atoms with Crippen LogP contribution in [-0.4, -0.2) is 36.8 Å². The van der Waals surface area contributed by atoms with E-state index in [1.165, 1.54) is 13.2 Å². The lowest BCUT2D eigenvalue weighted by Crippen LogP contribution is -2.42. The van der Waals surface area contributed by atoms with Crippen molar-refractivity contribution in [1.29, 1.82) is 0 Å². The van der Waals surface area contributed by atoms with Gasteiger partial charge in [-0.15, -0.1) is 0 Å². The van der Waals surface area contributed by atoms with Crippen LogP contribution in [-0.2, 0) is 4.79 Å². The van der Waals surface area contributed by atoms with Gasteiger partial charge in [-0.2, -0.15) is 0 Å². The summed E-state index contributed by atoms with van der Waals surface area (Å²) in [6, 6.07) is 3.19. The first-order valence-corrected chi connectivity index (χ1v) is 5.24. The third-order valence-corrected chi connectivity index (χ3v) is 2.44. The highest BCUT2D eigenvalue weighted by atomic mass is 19.1. The van der Waals surface area contributed by atoms with E-state index in [-0.39, 0.29) is 5.56 Å². The van der Waals surface area contributed by atoms with Gasteiger partial charge < -0.3 is 15.2 Å². The van der Waals surface area contributed by atoms with Gasteiger partial charge in [0.15, 0.2) is 6.04 Å². The van der Waals surface area contributed by atoms with Gasteiger partial charge in [0.2, 0.25) is 0 Å². The summed E-state index contributed by atoms with van der Waals surface area (Å²) < 4.78 is 17.4. The molecule has 0 aromatic heterocycles. The molecule has 98 valence electrons. The van der Waals surface area contributed by atoms with Crippen LogP contribution in [0.1, 0.15) is 15.9 Å². The molecule has 0 saturated carbocycles. The lowest BCUT2D eigenvalue weighted by Gasteiger charge is -2.12. The molecule has 0 saturated heterocycles. The fraction of sp³-hybridized carbons (Fsp3) is 0.333. The van der Waals surface area contributed by atoms with E-state index >= 15 is 0 Å². The summed E-state index contributed by atoms with van der Waals surface area (Å²) in [6.07, 6.45) is 0.